The molecule has 0 heterocycles. The number of hydrogen-bond donors (Lipinski definition) is 1. The first-order valence-corrected chi connectivity index (χ1v) is 4.12. The molecule has 1 aromatic carbocycles. The van der Waals surface area contributed by atoms with E-state index in [0.29, 0.717) is 11.4 Å². The second-order valence-corrected chi connectivity index (χ2v) is 3.49. The Kier molecular flexibility index (Phi) is 2.43. The van der Waals surface area contributed by atoms with Gasteiger partial charge in [-0.05, 0) is 52.4 Å². The monoisotopic (exact) mass is 262 g/mol. The van der Waals surface area contributed by atoms with Gasteiger partial charge in [0.25, 0.3) is 0 Å². The van der Waals surface area contributed by atoms with E-state index in [-0.39, 0.29) is 0 Å². The summed E-state index contributed by atoms with van der Waals surface area (Å²) in [4.78, 5) is 10.2. The molecule has 0 saturated heterocycles. The molecule has 1 rings (SSSR count). The van der Waals surface area contributed by atoms with Crippen LogP contribution >= 0.6 is 22.6 Å². The number of aryl methyl sites for hydroxylation is 1. The Morgan fingerprint density at radius 3 is 2.73 bits per heavy atom. The third-order valence-corrected chi connectivity index (χ3v) is 2.05. The van der Waals surface area contributed by atoms with Crippen molar-refractivity contribution < 1.29 is 0 Å². The maximum Gasteiger partial charge on any atom is 0.132 e. The molecule has 0 aliphatic heterocycles. The van der Waals surface area contributed by atoms with Gasteiger partial charge in [-0.2, -0.15) is 0 Å². The summed E-state index contributed by atoms with van der Waals surface area (Å²) in [6.45, 7) is 1.85. The third kappa shape index (κ3) is 1.68. The summed E-state index contributed by atoms with van der Waals surface area (Å²) >= 11 is 2.12. The van der Waals surface area contributed by atoms with E-state index in [4.69, 9.17) is 5.73 Å². The first-order chi connectivity index (χ1) is 5.15. The van der Waals surface area contributed by atoms with E-state index in [9.17, 15) is 4.91 Å². The molecular formula is C7H7IN2O. The molecule has 0 aliphatic rings. The molecular weight excluding hydrogens is 255 g/mol. The molecule has 0 aromatic heterocycles. The van der Waals surface area contributed by atoms with Gasteiger partial charge < -0.3 is 5.73 Å². The smallest absolute Gasteiger partial charge is 0.132 e. The molecule has 0 unspecified atom stereocenters. The van der Waals surface area contributed by atoms with Crippen molar-refractivity contribution in [3.05, 3.63) is 26.2 Å². The minimum atomic E-state index is 0.328. The highest BCUT2D eigenvalue weighted by Gasteiger charge is 2.02. The standard InChI is InChI=1S/C7H7IN2O/c1-4-2-5(8)3-6(10-11)7(4)9/h2-3H,9H2,1H3. The molecule has 0 bridgehead atoms. The van der Waals surface area contributed by atoms with Crippen LogP contribution in [0.1, 0.15) is 5.56 Å². The molecule has 58 valence electrons. The van der Waals surface area contributed by atoms with Crippen molar-refractivity contribution in [1.82, 2.24) is 0 Å². The van der Waals surface area contributed by atoms with Gasteiger partial charge in [0, 0.05) is 3.57 Å². The van der Waals surface area contributed by atoms with Crippen LogP contribution in [-0.2, 0) is 0 Å². The zero-order valence-electron chi connectivity index (χ0n) is 5.97. The average molecular weight is 262 g/mol. The summed E-state index contributed by atoms with van der Waals surface area (Å²) in [5.41, 5.74) is 7.26. The van der Waals surface area contributed by atoms with Crippen LogP contribution in [-0.4, -0.2) is 0 Å². The van der Waals surface area contributed by atoms with Gasteiger partial charge in [0.05, 0.1) is 5.69 Å². The molecule has 11 heavy (non-hydrogen) atoms. The van der Waals surface area contributed by atoms with Gasteiger partial charge in [-0.25, -0.2) is 0 Å². The van der Waals surface area contributed by atoms with E-state index < -0.39 is 0 Å². The molecule has 0 aliphatic carbocycles. The van der Waals surface area contributed by atoms with Gasteiger partial charge in [0.1, 0.15) is 5.69 Å². The SMILES string of the molecule is Cc1cc(I)cc(N=O)c1N. The Morgan fingerprint density at radius 2 is 2.18 bits per heavy atom. The summed E-state index contributed by atoms with van der Waals surface area (Å²) in [6, 6.07) is 3.57. The van der Waals surface area contributed by atoms with Crippen LogP contribution in [0, 0.1) is 15.4 Å². The fraction of sp³-hybridized carbons (Fsp3) is 0.143. The highest BCUT2D eigenvalue weighted by Crippen LogP contribution is 2.27. The van der Waals surface area contributed by atoms with Crippen LogP contribution in [0.25, 0.3) is 0 Å². The lowest BCUT2D eigenvalue weighted by atomic mass is 10.2. The molecule has 3 nitrogen and oxygen atoms in total. The predicted octanol–water partition coefficient (Wildman–Crippen LogP) is 2.58. The van der Waals surface area contributed by atoms with Crippen LogP contribution in [0.3, 0.4) is 0 Å². The number of nitroso groups, excluding NO2 is 1. The maximum atomic E-state index is 10.2. The number of rotatable bonds is 1. The third-order valence-electron chi connectivity index (χ3n) is 1.43. The molecule has 0 radical (unpaired) electrons. The minimum absolute atomic E-state index is 0.328. The summed E-state index contributed by atoms with van der Waals surface area (Å²) in [5.74, 6) is 0. The highest BCUT2D eigenvalue weighted by molar-refractivity contribution is 14.1. The molecule has 1 aromatic rings. The number of anilines is 1. The Bertz CT molecular complexity index is 299. The molecule has 0 fully saturated rings. The minimum Gasteiger partial charge on any atom is -0.397 e. The Hall–Kier alpha value is -0.650. The molecule has 0 atom stereocenters. The predicted molar refractivity (Wildman–Crippen MR) is 53.8 cm³/mol. The molecule has 0 saturated carbocycles. The van der Waals surface area contributed by atoms with Crippen LogP contribution in [0.15, 0.2) is 17.3 Å². The number of nitrogens with two attached hydrogens (primary N) is 1. The quantitative estimate of drug-likeness (QED) is 0.480. The number of nitrogens with zero attached hydrogens (tertiary/aromatic N) is 1. The maximum absolute atomic E-state index is 10.2. The fourth-order valence-corrected chi connectivity index (χ4v) is 1.57. The normalized spacial score (nSPS) is 9.64. The van der Waals surface area contributed by atoms with Crippen molar-refractivity contribution in [3.63, 3.8) is 0 Å². The first kappa shape index (κ1) is 8.45. The summed E-state index contributed by atoms with van der Waals surface area (Å²) in [6.07, 6.45) is 0. The van der Waals surface area contributed by atoms with Crippen LogP contribution in [0.5, 0.6) is 0 Å². The Balaban J connectivity index is 3.35. The fourth-order valence-electron chi connectivity index (χ4n) is 0.812. The molecule has 0 spiro atoms. The lowest BCUT2D eigenvalue weighted by molar-refractivity contribution is 1.40. The number of nitrogen functional groups attached to an aromatic ring is 1. The van der Waals surface area contributed by atoms with Crippen LogP contribution < -0.4 is 5.73 Å². The zero-order valence-corrected chi connectivity index (χ0v) is 8.12. The van der Waals surface area contributed by atoms with Crippen LogP contribution in [0.4, 0.5) is 11.4 Å². The van der Waals surface area contributed by atoms with Crippen molar-refractivity contribution in [2.24, 2.45) is 5.18 Å². The van der Waals surface area contributed by atoms with Gasteiger partial charge >= 0.3 is 0 Å². The molecule has 4 heteroatoms. The summed E-state index contributed by atoms with van der Waals surface area (Å²) < 4.78 is 0.976. The second kappa shape index (κ2) is 3.17. The summed E-state index contributed by atoms with van der Waals surface area (Å²) in [5, 5.41) is 2.81. The van der Waals surface area contributed by atoms with Crippen molar-refractivity contribution in [2.75, 3.05) is 5.73 Å². The largest absolute Gasteiger partial charge is 0.397 e. The van der Waals surface area contributed by atoms with Gasteiger partial charge in [-0.3, -0.25) is 0 Å². The Morgan fingerprint density at radius 1 is 1.55 bits per heavy atom. The second-order valence-electron chi connectivity index (χ2n) is 2.25. The van der Waals surface area contributed by atoms with Gasteiger partial charge in [0.15, 0.2) is 0 Å². The number of benzene rings is 1. The van der Waals surface area contributed by atoms with E-state index in [1.165, 1.54) is 0 Å². The number of hydrogen-bond acceptors (Lipinski definition) is 3. The van der Waals surface area contributed by atoms with Crippen molar-refractivity contribution in [1.29, 1.82) is 0 Å². The van der Waals surface area contributed by atoms with Gasteiger partial charge in [-0.15, -0.1) is 4.91 Å². The zero-order chi connectivity index (χ0) is 8.43. The van der Waals surface area contributed by atoms with Crippen molar-refractivity contribution in [3.8, 4) is 0 Å². The van der Waals surface area contributed by atoms with E-state index in [0.717, 1.165) is 9.13 Å². The Labute approximate surface area is 78.1 Å². The highest BCUT2D eigenvalue weighted by atomic mass is 127. The molecule has 2 N–H and O–H groups in total. The molecule has 0 amide bonds. The lowest BCUT2D eigenvalue weighted by Gasteiger charge is -2.01. The topological polar surface area (TPSA) is 55.5 Å². The van der Waals surface area contributed by atoms with Gasteiger partial charge in [0.2, 0.25) is 0 Å². The van der Waals surface area contributed by atoms with E-state index in [1.807, 2.05) is 13.0 Å². The number of halogens is 1. The van der Waals surface area contributed by atoms with Crippen molar-refractivity contribution in [2.45, 2.75) is 6.92 Å². The van der Waals surface area contributed by atoms with Crippen molar-refractivity contribution >= 4 is 34.0 Å². The van der Waals surface area contributed by atoms with E-state index in [2.05, 4.69) is 27.8 Å². The summed E-state index contributed by atoms with van der Waals surface area (Å²) in [7, 11) is 0. The van der Waals surface area contributed by atoms with Crippen LogP contribution in [0.2, 0.25) is 0 Å². The van der Waals surface area contributed by atoms with E-state index >= 15 is 0 Å². The lowest BCUT2D eigenvalue weighted by Crippen LogP contribution is -1.90. The van der Waals surface area contributed by atoms with E-state index in [1.54, 1.807) is 6.07 Å². The average Bonchev–Trinajstić information content (AvgIpc) is 1.96. The van der Waals surface area contributed by atoms with Gasteiger partial charge in [-0.1, -0.05) is 0 Å². The first-order valence-electron chi connectivity index (χ1n) is 3.04.